The number of benzene rings is 2. The van der Waals surface area contributed by atoms with E-state index in [1.165, 1.54) is 7.11 Å². The third-order valence-electron chi connectivity index (χ3n) is 3.36. The van der Waals surface area contributed by atoms with E-state index in [9.17, 15) is 4.79 Å². The maximum atomic E-state index is 12.6. The second-order valence-electron chi connectivity index (χ2n) is 4.52. The number of ether oxygens (including phenoxy) is 1. The minimum Gasteiger partial charge on any atom is -0.495 e. The van der Waals surface area contributed by atoms with Gasteiger partial charge in [0.1, 0.15) is 10.8 Å². The first-order valence-electron chi connectivity index (χ1n) is 6.10. The minimum atomic E-state index is -0.138. The molecule has 2 aromatic rings. The van der Waals surface area contributed by atoms with Crippen LogP contribution < -0.4 is 4.74 Å². The van der Waals surface area contributed by atoms with Crippen LogP contribution in [0.2, 0.25) is 10.0 Å². The lowest BCUT2D eigenvalue weighted by Crippen LogP contribution is -2.06. The fourth-order valence-electron chi connectivity index (χ4n) is 2.01. The van der Waals surface area contributed by atoms with E-state index >= 15 is 0 Å². The monoisotopic (exact) mass is 308 g/mol. The van der Waals surface area contributed by atoms with Gasteiger partial charge in [-0.15, -0.1) is 0 Å². The molecule has 0 unspecified atom stereocenters. The molecule has 0 bridgehead atoms. The van der Waals surface area contributed by atoms with Crippen molar-refractivity contribution in [2.24, 2.45) is 0 Å². The van der Waals surface area contributed by atoms with E-state index in [-0.39, 0.29) is 15.8 Å². The fourth-order valence-corrected chi connectivity index (χ4v) is 2.49. The predicted octanol–water partition coefficient (Wildman–Crippen LogP) is 4.85. The van der Waals surface area contributed by atoms with Crippen molar-refractivity contribution in [2.45, 2.75) is 13.8 Å². The van der Waals surface area contributed by atoms with Crippen LogP contribution in [-0.4, -0.2) is 12.9 Å². The molecule has 4 heteroatoms. The highest BCUT2D eigenvalue weighted by Gasteiger charge is 2.19. The maximum Gasteiger partial charge on any atom is 0.194 e. The third kappa shape index (κ3) is 2.54. The Bertz CT molecular complexity index is 678. The van der Waals surface area contributed by atoms with Crippen molar-refractivity contribution in [2.75, 3.05) is 7.11 Å². The summed E-state index contributed by atoms with van der Waals surface area (Å²) in [5.74, 6) is 0.315. The molecule has 0 radical (unpaired) electrons. The van der Waals surface area contributed by atoms with E-state index in [1.54, 1.807) is 18.2 Å². The molecular weight excluding hydrogens is 295 g/mol. The van der Waals surface area contributed by atoms with Gasteiger partial charge in [-0.25, -0.2) is 0 Å². The number of carbonyl (C=O) groups is 1. The number of rotatable bonds is 3. The van der Waals surface area contributed by atoms with Gasteiger partial charge in [0, 0.05) is 11.1 Å². The third-order valence-corrected chi connectivity index (χ3v) is 4.23. The van der Waals surface area contributed by atoms with Gasteiger partial charge >= 0.3 is 0 Å². The molecular formula is C16H14Cl2O2. The number of halogens is 2. The van der Waals surface area contributed by atoms with Crippen LogP contribution in [0.5, 0.6) is 5.75 Å². The first-order valence-corrected chi connectivity index (χ1v) is 6.86. The van der Waals surface area contributed by atoms with Crippen molar-refractivity contribution in [3.8, 4) is 5.75 Å². The fraction of sp³-hybridized carbons (Fsp3) is 0.188. The average Bonchev–Trinajstić information content (AvgIpc) is 2.44. The van der Waals surface area contributed by atoms with Crippen LogP contribution in [0.4, 0.5) is 0 Å². The van der Waals surface area contributed by atoms with Crippen LogP contribution in [0.3, 0.4) is 0 Å². The van der Waals surface area contributed by atoms with Crippen LogP contribution in [0.25, 0.3) is 0 Å². The number of carbonyl (C=O) groups excluding carboxylic acids is 1. The predicted molar refractivity (Wildman–Crippen MR) is 82.4 cm³/mol. The zero-order valence-corrected chi connectivity index (χ0v) is 13.0. The Morgan fingerprint density at radius 3 is 2.35 bits per heavy atom. The lowest BCUT2D eigenvalue weighted by Gasteiger charge is -2.11. The van der Waals surface area contributed by atoms with Crippen molar-refractivity contribution in [1.82, 2.24) is 0 Å². The van der Waals surface area contributed by atoms with Crippen molar-refractivity contribution in [1.29, 1.82) is 0 Å². The van der Waals surface area contributed by atoms with E-state index in [2.05, 4.69) is 0 Å². The SMILES string of the molecule is COc1ccc(C(=O)c2cccc(C)c2C)c(Cl)c1Cl. The summed E-state index contributed by atoms with van der Waals surface area (Å²) in [4.78, 5) is 12.6. The molecule has 0 aliphatic rings. The highest BCUT2D eigenvalue weighted by molar-refractivity contribution is 6.45. The molecule has 2 nitrogen and oxygen atoms in total. The average molecular weight is 309 g/mol. The van der Waals surface area contributed by atoms with Crippen molar-refractivity contribution < 1.29 is 9.53 Å². The van der Waals surface area contributed by atoms with Gasteiger partial charge in [0.05, 0.1) is 12.1 Å². The van der Waals surface area contributed by atoms with Crippen LogP contribution >= 0.6 is 23.2 Å². The van der Waals surface area contributed by atoms with Crippen LogP contribution in [0.1, 0.15) is 27.0 Å². The Labute approximate surface area is 128 Å². The second kappa shape index (κ2) is 5.86. The number of ketones is 1. The van der Waals surface area contributed by atoms with E-state index in [0.29, 0.717) is 16.9 Å². The van der Waals surface area contributed by atoms with Crippen LogP contribution in [0.15, 0.2) is 30.3 Å². The van der Waals surface area contributed by atoms with E-state index in [1.807, 2.05) is 26.0 Å². The molecule has 104 valence electrons. The largest absolute Gasteiger partial charge is 0.495 e. The van der Waals surface area contributed by atoms with Gasteiger partial charge in [0.15, 0.2) is 5.78 Å². The van der Waals surface area contributed by atoms with Gasteiger partial charge in [-0.2, -0.15) is 0 Å². The molecule has 20 heavy (non-hydrogen) atoms. The second-order valence-corrected chi connectivity index (χ2v) is 5.28. The number of hydrogen-bond donors (Lipinski definition) is 0. The summed E-state index contributed by atoms with van der Waals surface area (Å²) in [7, 11) is 1.50. The lowest BCUT2D eigenvalue weighted by molar-refractivity contribution is 0.103. The minimum absolute atomic E-state index is 0.138. The first kappa shape index (κ1) is 14.9. The summed E-state index contributed by atoms with van der Waals surface area (Å²) in [6, 6.07) is 8.90. The molecule has 0 N–H and O–H groups in total. The summed E-state index contributed by atoms with van der Waals surface area (Å²) in [5.41, 5.74) is 3.02. The summed E-state index contributed by atoms with van der Waals surface area (Å²) in [6.07, 6.45) is 0. The van der Waals surface area contributed by atoms with Gasteiger partial charge < -0.3 is 4.74 Å². The molecule has 0 spiro atoms. The maximum absolute atomic E-state index is 12.6. The van der Waals surface area contributed by atoms with Gasteiger partial charge in [0.2, 0.25) is 0 Å². The first-order chi connectivity index (χ1) is 9.47. The molecule has 2 aromatic carbocycles. The molecule has 2 rings (SSSR count). The van der Waals surface area contributed by atoms with Gasteiger partial charge in [-0.1, -0.05) is 41.4 Å². The summed E-state index contributed by atoms with van der Waals surface area (Å²) in [6.45, 7) is 3.89. The Kier molecular flexibility index (Phi) is 4.36. The van der Waals surface area contributed by atoms with E-state index in [0.717, 1.165) is 11.1 Å². The number of methoxy groups -OCH3 is 1. The smallest absolute Gasteiger partial charge is 0.194 e. The van der Waals surface area contributed by atoms with Crippen LogP contribution in [-0.2, 0) is 0 Å². The summed E-state index contributed by atoms with van der Waals surface area (Å²) >= 11 is 12.3. The quantitative estimate of drug-likeness (QED) is 0.758. The zero-order valence-electron chi connectivity index (χ0n) is 11.5. The molecule has 0 saturated carbocycles. The molecule has 0 atom stereocenters. The molecule has 0 aliphatic carbocycles. The van der Waals surface area contributed by atoms with E-state index in [4.69, 9.17) is 27.9 Å². The van der Waals surface area contributed by atoms with Gasteiger partial charge in [0.25, 0.3) is 0 Å². The Hall–Kier alpha value is -1.51. The Morgan fingerprint density at radius 1 is 1.00 bits per heavy atom. The number of hydrogen-bond acceptors (Lipinski definition) is 2. The molecule has 0 aliphatic heterocycles. The number of aryl methyl sites for hydroxylation is 1. The molecule has 0 amide bonds. The highest BCUT2D eigenvalue weighted by atomic mass is 35.5. The van der Waals surface area contributed by atoms with Crippen LogP contribution in [0, 0.1) is 13.8 Å². The summed E-state index contributed by atoms with van der Waals surface area (Å²) in [5, 5.41) is 0.474. The van der Waals surface area contributed by atoms with Gasteiger partial charge in [-0.05, 0) is 37.1 Å². The molecule has 0 heterocycles. The zero-order chi connectivity index (χ0) is 14.9. The normalized spacial score (nSPS) is 10.4. The molecule has 0 aromatic heterocycles. The molecule has 0 saturated heterocycles. The topological polar surface area (TPSA) is 26.3 Å². The Morgan fingerprint density at radius 2 is 1.70 bits per heavy atom. The standard InChI is InChI=1S/C16H14Cl2O2/c1-9-5-4-6-11(10(9)2)16(19)12-7-8-13(20-3)15(18)14(12)17/h4-8H,1-3H3. The van der Waals surface area contributed by atoms with Crippen molar-refractivity contribution in [3.05, 3.63) is 62.6 Å². The van der Waals surface area contributed by atoms with Crippen molar-refractivity contribution >= 4 is 29.0 Å². The highest BCUT2D eigenvalue weighted by Crippen LogP contribution is 2.35. The van der Waals surface area contributed by atoms with Crippen molar-refractivity contribution in [3.63, 3.8) is 0 Å². The lowest BCUT2D eigenvalue weighted by atomic mass is 9.96. The summed E-state index contributed by atoms with van der Waals surface area (Å²) < 4.78 is 5.08. The van der Waals surface area contributed by atoms with E-state index < -0.39 is 0 Å². The molecule has 0 fully saturated rings. The van der Waals surface area contributed by atoms with Gasteiger partial charge in [-0.3, -0.25) is 4.79 Å². The Balaban J connectivity index is 2.55.